The lowest BCUT2D eigenvalue weighted by molar-refractivity contribution is -0.178. The maximum absolute atomic E-state index is 12.2. The van der Waals surface area contributed by atoms with Gasteiger partial charge in [-0.25, -0.2) is 0 Å². The lowest BCUT2D eigenvalue weighted by Gasteiger charge is -2.32. The summed E-state index contributed by atoms with van der Waals surface area (Å²) < 4.78 is 10.7. The zero-order valence-electron chi connectivity index (χ0n) is 12.0. The molecule has 5 nitrogen and oxygen atoms in total. The first kappa shape index (κ1) is 13.8. The molecule has 0 bridgehead atoms. The smallest absolute Gasteiger partial charge is 0.310 e. The fourth-order valence-corrected chi connectivity index (χ4v) is 2.49. The van der Waals surface area contributed by atoms with E-state index in [9.17, 15) is 9.59 Å². The Hall–Kier alpha value is -2.14. The Morgan fingerprint density at radius 3 is 2.90 bits per heavy atom. The lowest BCUT2D eigenvalue weighted by Crippen LogP contribution is -2.41. The molecular formula is C16H17NO4. The molecule has 2 aliphatic heterocycles. The van der Waals surface area contributed by atoms with E-state index in [0.29, 0.717) is 17.8 Å². The average Bonchev–Trinajstić information content (AvgIpc) is 2.49. The second-order valence-electron chi connectivity index (χ2n) is 5.46. The van der Waals surface area contributed by atoms with Crippen molar-refractivity contribution in [3.05, 3.63) is 41.1 Å². The number of carbonyl (C=O) groups excluding carboxylic acids is 2. The first-order valence-electron chi connectivity index (χ1n) is 6.99. The topological polar surface area (TPSA) is 64.6 Å². The molecule has 3 rings (SSSR count). The summed E-state index contributed by atoms with van der Waals surface area (Å²) in [5.41, 5.74) is 3.08. The van der Waals surface area contributed by atoms with Crippen LogP contribution in [0.15, 0.2) is 30.0 Å². The zero-order chi connectivity index (χ0) is 15.0. The van der Waals surface area contributed by atoms with Gasteiger partial charge in [-0.15, -0.1) is 0 Å². The number of Topliss-reactive ketones (excluding diaryl/α,β-unsaturated/α-hetero) is 1. The molecule has 1 atom stereocenters. The average molecular weight is 287 g/mol. The molecule has 0 fully saturated rings. The van der Waals surface area contributed by atoms with Gasteiger partial charge in [0.05, 0.1) is 17.2 Å². The fourth-order valence-electron chi connectivity index (χ4n) is 2.49. The summed E-state index contributed by atoms with van der Waals surface area (Å²) in [7, 11) is 0. The van der Waals surface area contributed by atoms with Crippen LogP contribution in [0.3, 0.4) is 0 Å². The van der Waals surface area contributed by atoms with E-state index in [4.69, 9.17) is 9.47 Å². The molecule has 0 aromatic heterocycles. The molecule has 2 aliphatic rings. The second kappa shape index (κ2) is 5.33. The minimum Gasteiger partial charge on any atom is -0.429 e. The van der Waals surface area contributed by atoms with Gasteiger partial charge >= 0.3 is 5.97 Å². The molecule has 1 aromatic carbocycles. The highest BCUT2D eigenvalue weighted by atomic mass is 16.7. The number of nitrogens with one attached hydrogen (secondary N) is 1. The molecule has 0 spiro atoms. The highest BCUT2D eigenvalue weighted by Gasteiger charge is 2.36. The van der Waals surface area contributed by atoms with E-state index < -0.39 is 6.29 Å². The minimum atomic E-state index is -0.832. The lowest BCUT2D eigenvalue weighted by atomic mass is 9.90. The van der Waals surface area contributed by atoms with Crippen LogP contribution in [-0.2, 0) is 25.6 Å². The van der Waals surface area contributed by atoms with Gasteiger partial charge in [-0.2, -0.15) is 0 Å². The number of ether oxygens (including phenoxy) is 2. The van der Waals surface area contributed by atoms with Gasteiger partial charge in [0.1, 0.15) is 6.61 Å². The predicted octanol–water partition coefficient (Wildman–Crippen LogP) is 1.63. The normalized spacial score (nSPS) is 20.7. The molecule has 0 saturated heterocycles. The third-order valence-corrected chi connectivity index (χ3v) is 3.60. The molecule has 1 aromatic rings. The Kier molecular flexibility index (Phi) is 3.51. The minimum absolute atomic E-state index is 0.0785. The Balaban J connectivity index is 1.99. The first-order valence-corrected chi connectivity index (χ1v) is 6.99. The van der Waals surface area contributed by atoms with Gasteiger partial charge in [-0.3, -0.25) is 9.59 Å². The van der Waals surface area contributed by atoms with E-state index in [1.807, 2.05) is 24.3 Å². The number of carbonyl (C=O) groups is 2. The summed E-state index contributed by atoms with van der Waals surface area (Å²) in [6.07, 6.45) is -0.832. The zero-order valence-corrected chi connectivity index (χ0v) is 12.0. The van der Waals surface area contributed by atoms with E-state index in [1.165, 1.54) is 0 Å². The van der Waals surface area contributed by atoms with Gasteiger partial charge in [0, 0.05) is 6.54 Å². The molecule has 0 aliphatic carbocycles. The van der Waals surface area contributed by atoms with Gasteiger partial charge in [0.2, 0.25) is 6.29 Å². The molecule has 0 amide bonds. The van der Waals surface area contributed by atoms with Crippen molar-refractivity contribution in [3.8, 4) is 0 Å². The van der Waals surface area contributed by atoms with Crippen molar-refractivity contribution in [3.63, 3.8) is 0 Å². The monoisotopic (exact) mass is 287 g/mol. The molecule has 1 unspecified atom stereocenters. The van der Waals surface area contributed by atoms with Gasteiger partial charge < -0.3 is 14.8 Å². The SMILES string of the molecule is CC(C)C(=O)OC1OCC(=O)C2=C1NCc1ccccc12. The molecule has 21 heavy (non-hydrogen) atoms. The summed E-state index contributed by atoms with van der Waals surface area (Å²) in [5.74, 6) is -0.686. The van der Waals surface area contributed by atoms with E-state index in [0.717, 1.165) is 11.1 Å². The van der Waals surface area contributed by atoms with Crippen LogP contribution in [0, 0.1) is 5.92 Å². The van der Waals surface area contributed by atoms with Crippen LogP contribution >= 0.6 is 0 Å². The number of hydrogen-bond donors (Lipinski definition) is 1. The summed E-state index contributed by atoms with van der Waals surface area (Å²) in [4.78, 5) is 24.0. The molecule has 0 radical (unpaired) electrons. The molecule has 0 saturated carbocycles. The standard InChI is InChI=1S/C16H17NO4/c1-9(2)15(19)21-16-14-13(12(18)8-20-16)11-6-4-3-5-10(11)7-17-14/h3-6,9,16-17H,7-8H2,1-2H3. The number of ketones is 1. The second-order valence-corrected chi connectivity index (χ2v) is 5.46. The third-order valence-electron chi connectivity index (χ3n) is 3.60. The van der Waals surface area contributed by atoms with E-state index in [-0.39, 0.29) is 24.3 Å². The van der Waals surface area contributed by atoms with Crippen molar-refractivity contribution in [1.29, 1.82) is 0 Å². The maximum atomic E-state index is 12.2. The largest absolute Gasteiger partial charge is 0.429 e. The van der Waals surface area contributed by atoms with Crippen LogP contribution in [0.2, 0.25) is 0 Å². The summed E-state index contributed by atoms with van der Waals surface area (Å²) in [6.45, 7) is 4.02. The van der Waals surface area contributed by atoms with Crippen molar-refractivity contribution < 1.29 is 19.1 Å². The molecule has 1 N–H and O–H groups in total. The Bertz CT molecular complexity index is 633. The Labute approximate surface area is 122 Å². The van der Waals surface area contributed by atoms with Gasteiger partial charge in [-0.05, 0) is 11.1 Å². The highest BCUT2D eigenvalue weighted by Crippen LogP contribution is 2.32. The van der Waals surface area contributed by atoms with Gasteiger partial charge in [-0.1, -0.05) is 38.1 Å². The van der Waals surface area contributed by atoms with Crippen molar-refractivity contribution in [2.75, 3.05) is 6.61 Å². The third kappa shape index (κ3) is 2.45. The first-order chi connectivity index (χ1) is 10.1. The van der Waals surface area contributed by atoms with Crippen molar-refractivity contribution in [2.24, 2.45) is 5.92 Å². The molecular weight excluding hydrogens is 270 g/mol. The van der Waals surface area contributed by atoms with E-state index >= 15 is 0 Å². The van der Waals surface area contributed by atoms with Crippen LogP contribution in [0.4, 0.5) is 0 Å². The highest BCUT2D eigenvalue weighted by molar-refractivity contribution is 6.23. The van der Waals surface area contributed by atoms with Crippen molar-refractivity contribution >= 4 is 17.3 Å². The quantitative estimate of drug-likeness (QED) is 0.837. The Morgan fingerprint density at radius 2 is 2.14 bits per heavy atom. The van der Waals surface area contributed by atoms with Crippen molar-refractivity contribution in [2.45, 2.75) is 26.7 Å². The van der Waals surface area contributed by atoms with Crippen LogP contribution in [0.5, 0.6) is 0 Å². The molecule has 2 heterocycles. The number of hydrogen-bond acceptors (Lipinski definition) is 5. The van der Waals surface area contributed by atoms with Crippen LogP contribution in [-0.4, -0.2) is 24.6 Å². The summed E-state index contributed by atoms with van der Waals surface area (Å²) >= 11 is 0. The Morgan fingerprint density at radius 1 is 1.38 bits per heavy atom. The summed E-state index contributed by atoms with van der Waals surface area (Å²) in [5, 5.41) is 3.16. The van der Waals surface area contributed by atoms with E-state index in [2.05, 4.69) is 5.32 Å². The molecule has 5 heteroatoms. The molecule has 110 valence electrons. The number of rotatable bonds is 2. The maximum Gasteiger partial charge on any atom is 0.310 e. The number of fused-ring (bicyclic) bond motifs is 2. The van der Waals surface area contributed by atoms with Gasteiger partial charge in [0.25, 0.3) is 0 Å². The van der Waals surface area contributed by atoms with Crippen LogP contribution in [0.1, 0.15) is 25.0 Å². The number of esters is 1. The van der Waals surface area contributed by atoms with Crippen molar-refractivity contribution in [1.82, 2.24) is 5.32 Å². The summed E-state index contributed by atoms with van der Waals surface area (Å²) in [6, 6.07) is 7.72. The predicted molar refractivity (Wildman–Crippen MR) is 75.9 cm³/mol. The van der Waals surface area contributed by atoms with Crippen LogP contribution < -0.4 is 5.32 Å². The van der Waals surface area contributed by atoms with E-state index in [1.54, 1.807) is 13.8 Å². The van der Waals surface area contributed by atoms with Gasteiger partial charge in [0.15, 0.2) is 5.78 Å². The fraction of sp³-hybridized carbons (Fsp3) is 0.375. The number of benzene rings is 1. The van der Waals surface area contributed by atoms with Crippen LogP contribution in [0.25, 0.3) is 5.57 Å².